The summed E-state index contributed by atoms with van der Waals surface area (Å²) in [4.78, 5) is 12.6. The van der Waals surface area contributed by atoms with Crippen LogP contribution in [-0.2, 0) is 4.79 Å². The third-order valence-electron chi connectivity index (χ3n) is 2.20. The predicted molar refractivity (Wildman–Crippen MR) is 70.9 cm³/mol. The number of methoxy groups -OCH3 is 1. The van der Waals surface area contributed by atoms with Crippen LogP contribution in [0.5, 0.6) is 5.75 Å². The van der Waals surface area contributed by atoms with E-state index in [-0.39, 0.29) is 5.91 Å². The number of aromatic amines is 1. The molecule has 1 aromatic heterocycles. The standard InChI is InChI=1S/C12H13N3O2S/c1-17-9-2-4-10(5-3-9)18-8-12(16)14-11-6-7-13-15-11/h2-7H,8H2,1H3,(H2,13,14,15,16). The average molecular weight is 263 g/mol. The van der Waals surface area contributed by atoms with Crippen molar-refractivity contribution < 1.29 is 9.53 Å². The summed E-state index contributed by atoms with van der Waals surface area (Å²) in [6.45, 7) is 0. The number of hydrogen-bond acceptors (Lipinski definition) is 4. The molecule has 18 heavy (non-hydrogen) atoms. The monoisotopic (exact) mass is 263 g/mol. The topological polar surface area (TPSA) is 67.0 Å². The van der Waals surface area contributed by atoms with E-state index in [0.717, 1.165) is 10.6 Å². The Bertz CT molecular complexity index is 497. The molecule has 0 aliphatic carbocycles. The van der Waals surface area contributed by atoms with E-state index in [1.54, 1.807) is 19.4 Å². The summed E-state index contributed by atoms with van der Waals surface area (Å²) in [5, 5.41) is 9.14. The average Bonchev–Trinajstić information content (AvgIpc) is 2.90. The van der Waals surface area contributed by atoms with Gasteiger partial charge in [0, 0.05) is 11.0 Å². The molecule has 6 heteroatoms. The van der Waals surface area contributed by atoms with Gasteiger partial charge in [0.15, 0.2) is 0 Å². The molecule has 2 rings (SSSR count). The molecular weight excluding hydrogens is 250 g/mol. The molecule has 5 nitrogen and oxygen atoms in total. The predicted octanol–water partition coefficient (Wildman–Crippen LogP) is 2.15. The van der Waals surface area contributed by atoms with Crippen LogP contribution in [0.2, 0.25) is 0 Å². The number of carbonyl (C=O) groups excluding carboxylic acids is 1. The third kappa shape index (κ3) is 3.53. The second kappa shape index (κ2) is 6.11. The van der Waals surface area contributed by atoms with Gasteiger partial charge >= 0.3 is 0 Å². The van der Waals surface area contributed by atoms with E-state index in [9.17, 15) is 4.79 Å². The van der Waals surface area contributed by atoms with E-state index < -0.39 is 0 Å². The molecule has 0 bridgehead atoms. The molecule has 0 fully saturated rings. The summed E-state index contributed by atoms with van der Waals surface area (Å²) in [7, 11) is 1.62. The van der Waals surface area contributed by atoms with Crippen LogP contribution in [-0.4, -0.2) is 29.0 Å². The van der Waals surface area contributed by atoms with Gasteiger partial charge in [0.05, 0.1) is 19.1 Å². The highest BCUT2D eigenvalue weighted by molar-refractivity contribution is 8.00. The highest BCUT2D eigenvalue weighted by atomic mass is 32.2. The Morgan fingerprint density at radius 2 is 2.17 bits per heavy atom. The molecule has 1 aromatic carbocycles. The van der Waals surface area contributed by atoms with Crippen LogP contribution >= 0.6 is 11.8 Å². The Hall–Kier alpha value is -1.95. The summed E-state index contributed by atoms with van der Waals surface area (Å²) >= 11 is 1.47. The van der Waals surface area contributed by atoms with E-state index in [1.165, 1.54) is 11.8 Å². The van der Waals surface area contributed by atoms with Crippen molar-refractivity contribution >= 4 is 23.5 Å². The van der Waals surface area contributed by atoms with Gasteiger partial charge in [-0.25, -0.2) is 0 Å². The highest BCUT2D eigenvalue weighted by Gasteiger charge is 2.04. The summed E-state index contributed by atoms with van der Waals surface area (Å²) < 4.78 is 5.07. The van der Waals surface area contributed by atoms with Gasteiger partial charge < -0.3 is 10.1 Å². The first kappa shape index (κ1) is 12.5. The number of carbonyl (C=O) groups is 1. The van der Waals surface area contributed by atoms with Gasteiger partial charge in [-0.2, -0.15) is 5.10 Å². The zero-order valence-electron chi connectivity index (χ0n) is 9.84. The molecule has 94 valence electrons. The first-order valence-corrected chi connectivity index (χ1v) is 6.32. The lowest BCUT2D eigenvalue weighted by atomic mass is 10.3. The summed E-state index contributed by atoms with van der Waals surface area (Å²) in [6.07, 6.45) is 1.59. The van der Waals surface area contributed by atoms with Crippen molar-refractivity contribution in [2.24, 2.45) is 0 Å². The number of nitrogens with zero attached hydrogens (tertiary/aromatic N) is 1. The van der Waals surface area contributed by atoms with Crippen molar-refractivity contribution in [3.63, 3.8) is 0 Å². The van der Waals surface area contributed by atoms with Crippen LogP contribution in [0.15, 0.2) is 41.4 Å². The van der Waals surface area contributed by atoms with Crippen LogP contribution in [0.4, 0.5) is 5.82 Å². The van der Waals surface area contributed by atoms with Gasteiger partial charge in [0.1, 0.15) is 11.6 Å². The van der Waals surface area contributed by atoms with Gasteiger partial charge in [0.2, 0.25) is 5.91 Å². The molecule has 2 aromatic rings. The molecule has 1 heterocycles. The number of hydrogen-bond donors (Lipinski definition) is 2. The number of rotatable bonds is 5. The van der Waals surface area contributed by atoms with Crippen molar-refractivity contribution in [1.29, 1.82) is 0 Å². The van der Waals surface area contributed by atoms with Crippen LogP contribution in [0.1, 0.15) is 0 Å². The van der Waals surface area contributed by atoms with E-state index in [4.69, 9.17) is 4.74 Å². The molecular formula is C12H13N3O2S. The van der Waals surface area contributed by atoms with E-state index in [2.05, 4.69) is 15.5 Å². The number of nitrogens with one attached hydrogen (secondary N) is 2. The van der Waals surface area contributed by atoms with E-state index in [0.29, 0.717) is 11.6 Å². The lowest BCUT2D eigenvalue weighted by molar-refractivity contribution is -0.113. The van der Waals surface area contributed by atoms with Gasteiger partial charge in [-0.1, -0.05) is 0 Å². The first-order chi connectivity index (χ1) is 8.78. The van der Waals surface area contributed by atoms with Crippen molar-refractivity contribution in [3.05, 3.63) is 36.5 Å². The fourth-order valence-corrected chi connectivity index (χ4v) is 2.03. The quantitative estimate of drug-likeness (QED) is 0.811. The third-order valence-corrected chi connectivity index (χ3v) is 3.22. The van der Waals surface area contributed by atoms with Crippen LogP contribution in [0.25, 0.3) is 0 Å². The zero-order chi connectivity index (χ0) is 12.8. The van der Waals surface area contributed by atoms with E-state index in [1.807, 2.05) is 24.3 Å². The van der Waals surface area contributed by atoms with Crippen molar-refractivity contribution in [2.45, 2.75) is 4.90 Å². The smallest absolute Gasteiger partial charge is 0.235 e. The molecule has 1 amide bonds. The van der Waals surface area contributed by atoms with Crippen molar-refractivity contribution in [1.82, 2.24) is 10.2 Å². The lowest BCUT2D eigenvalue weighted by Gasteiger charge is -2.04. The number of amides is 1. The second-order valence-electron chi connectivity index (χ2n) is 3.48. The Morgan fingerprint density at radius 3 is 2.78 bits per heavy atom. The molecule has 0 aliphatic rings. The maximum Gasteiger partial charge on any atom is 0.235 e. The maximum absolute atomic E-state index is 11.6. The summed E-state index contributed by atoms with van der Waals surface area (Å²) in [5.74, 6) is 1.70. The minimum atomic E-state index is -0.0694. The van der Waals surface area contributed by atoms with E-state index >= 15 is 0 Å². The Morgan fingerprint density at radius 1 is 1.39 bits per heavy atom. The molecule has 0 unspecified atom stereocenters. The fraction of sp³-hybridized carbons (Fsp3) is 0.167. The van der Waals surface area contributed by atoms with Crippen molar-refractivity contribution in [2.75, 3.05) is 18.2 Å². The normalized spacial score (nSPS) is 10.1. The Labute approximate surface area is 109 Å². The molecule has 0 radical (unpaired) electrons. The largest absolute Gasteiger partial charge is 0.497 e. The molecule has 0 saturated heterocycles. The molecule has 2 N–H and O–H groups in total. The number of H-pyrrole nitrogens is 1. The SMILES string of the molecule is COc1ccc(SCC(=O)Nc2ccn[nH]2)cc1. The highest BCUT2D eigenvalue weighted by Crippen LogP contribution is 2.21. The minimum Gasteiger partial charge on any atom is -0.497 e. The summed E-state index contributed by atoms with van der Waals surface area (Å²) in [6, 6.07) is 9.29. The minimum absolute atomic E-state index is 0.0694. The van der Waals surface area contributed by atoms with Crippen molar-refractivity contribution in [3.8, 4) is 5.75 Å². The van der Waals surface area contributed by atoms with Crippen LogP contribution < -0.4 is 10.1 Å². The summed E-state index contributed by atoms with van der Waals surface area (Å²) in [5.41, 5.74) is 0. The molecule has 0 spiro atoms. The molecule has 0 atom stereocenters. The fourth-order valence-electron chi connectivity index (χ4n) is 1.33. The van der Waals surface area contributed by atoms with Gasteiger partial charge in [-0.15, -0.1) is 11.8 Å². The Kier molecular flexibility index (Phi) is 4.25. The zero-order valence-corrected chi connectivity index (χ0v) is 10.7. The molecule has 0 aliphatic heterocycles. The van der Waals surface area contributed by atoms with Crippen LogP contribution in [0.3, 0.4) is 0 Å². The molecule has 0 saturated carbocycles. The number of thioether (sulfide) groups is 1. The lowest BCUT2D eigenvalue weighted by Crippen LogP contribution is -2.14. The first-order valence-electron chi connectivity index (χ1n) is 5.34. The number of aromatic nitrogens is 2. The van der Waals surface area contributed by atoms with Gasteiger partial charge in [0.25, 0.3) is 0 Å². The van der Waals surface area contributed by atoms with Gasteiger partial charge in [-0.05, 0) is 24.3 Å². The number of ether oxygens (including phenoxy) is 1. The number of anilines is 1. The second-order valence-corrected chi connectivity index (χ2v) is 4.53. The van der Waals surface area contributed by atoms with Crippen LogP contribution in [0, 0.1) is 0 Å². The Balaban J connectivity index is 1.81. The number of benzene rings is 1. The maximum atomic E-state index is 11.6. The van der Waals surface area contributed by atoms with Gasteiger partial charge in [-0.3, -0.25) is 9.89 Å².